The smallest absolute Gasteiger partial charge is 0.268 e. The molecule has 7 nitrogen and oxygen atoms in total. The summed E-state index contributed by atoms with van der Waals surface area (Å²) >= 11 is 6.84. The van der Waals surface area contributed by atoms with Gasteiger partial charge >= 0.3 is 0 Å². The van der Waals surface area contributed by atoms with E-state index in [0.29, 0.717) is 47.2 Å². The minimum atomic E-state index is -0.643. The van der Waals surface area contributed by atoms with Gasteiger partial charge in [0.15, 0.2) is 6.10 Å². The average molecular weight is 534 g/mol. The van der Waals surface area contributed by atoms with Crippen LogP contribution >= 0.6 is 11.6 Å². The van der Waals surface area contributed by atoms with Gasteiger partial charge in [0.1, 0.15) is 11.4 Å². The Kier molecular flexibility index (Phi) is 8.17. The van der Waals surface area contributed by atoms with Crippen LogP contribution in [-0.2, 0) is 9.59 Å². The highest BCUT2D eigenvalue weighted by atomic mass is 35.5. The summed E-state index contributed by atoms with van der Waals surface area (Å²) in [6, 6.07) is 14.8. The largest absolute Gasteiger partial charge is 0.478 e. The second-order valence-corrected chi connectivity index (χ2v) is 10.7. The quantitative estimate of drug-likeness (QED) is 0.219. The molecule has 2 amide bonds. The molecule has 0 saturated heterocycles. The summed E-state index contributed by atoms with van der Waals surface area (Å²) < 4.78 is 6.28. The van der Waals surface area contributed by atoms with Crippen molar-refractivity contribution in [1.82, 2.24) is 4.90 Å². The standard InChI is InChI=1S/C30H32ClN3O4/c1-6-29(35)33(5)16-19(4)17-34-26-15-25(31)24(14-27(26)38-28(30(34)36)11-18(2)3)23-13-21(32-37)12-20-9-7-8-10-22(20)23/h6-10,12-15,18-19,28H,1,11,16-17H2,2-5H3. The Morgan fingerprint density at radius 3 is 2.61 bits per heavy atom. The van der Waals surface area contributed by atoms with Crippen molar-refractivity contribution in [3.05, 3.63) is 71.1 Å². The molecule has 0 saturated carbocycles. The van der Waals surface area contributed by atoms with Crippen LogP contribution in [0.4, 0.5) is 11.4 Å². The predicted molar refractivity (Wildman–Crippen MR) is 153 cm³/mol. The van der Waals surface area contributed by atoms with Crippen LogP contribution in [-0.4, -0.2) is 43.0 Å². The summed E-state index contributed by atoms with van der Waals surface area (Å²) in [5.74, 6) is 0.474. The van der Waals surface area contributed by atoms with Crippen molar-refractivity contribution in [2.45, 2.75) is 33.3 Å². The molecule has 2 atom stereocenters. The van der Waals surface area contributed by atoms with Gasteiger partial charge in [-0.1, -0.05) is 63.2 Å². The van der Waals surface area contributed by atoms with Crippen LogP contribution in [0.3, 0.4) is 0 Å². The molecule has 0 N–H and O–H groups in total. The zero-order chi connectivity index (χ0) is 27.6. The average Bonchev–Trinajstić information content (AvgIpc) is 2.89. The van der Waals surface area contributed by atoms with E-state index in [1.165, 1.54) is 6.08 Å². The van der Waals surface area contributed by atoms with E-state index >= 15 is 0 Å². The lowest BCUT2D eigenvalue weighted by atomic mass is 9.95. The number of carbonyl (C=O) groups excluding carboxylic acids is 2. The van der Waals surface area contributed by atoms with Gasteiger partial charge in [-0.25, -0.2) is 0 Å². The molecule has 1 heterocycles. The molecule has 0 spiro atoms. The first-order valence-corrected chi connectivity index (χ1v) is 13.1. The Balaban J connectivity index is 1.79. The molecule has 0 aliphatic carbocycles. The van der Waals surface area contributed by atoms with Gasteiger partial charge in [0, 0.05) is 25.7 Å². The molecule has 2 unspecified atom stereocenters. The number of nitrogens with zero attached hydrogens (tertiary/aromatic N) is 3. The van der Waals surface area contributed by atoms with Gasteiger partial charge in [-0.2, -0.15) is 0 Å². The molecular weight excluding hydrogens is 502 g/mol. The Morgan fingerprint density at radius 2 is 1.92 bits per heavy atom. The normalized spacial score (nSPS) is 15.7. The van der Waals surface area contributed by atoms with Gasteiger partial charge in [0.25, 0.3) is 5.91 Å². The lowest BCUT2D eigenvalue weighted by Gasteiger charge is -2.37. The third-order valence-electron chi connectivity index (χ3n) is 6.71. The van der Waals surface area contributed by atoms with E-state index < -0.39 is 6.10 Å². The number of nitroso groups, excluding NO2 is 1. The first kappa shape index (κ1) is 27.3. The van der Waals surface area contributed by atoms with Crippen molar-refractivity contribution in [2.75, 3.05) is 25.0 Å². The van der Waals surface area contributed by atoms with Crippen molar-refractivity contribution in [3.8, 4) is 16.9 Å². The minimum absolute atomic E-state index is 0.0174. The van der Waals surface area contributed by atoms with Gasteiger partial charge in [0.05, 0.1) is 10.7 Å². The summed E-state index contributed by atoms with van der Waals surface area (Å²) in [7, 11) is 1.72. The molecular formula is C30H32ClN3O4. The van der Waals surface area contributed by atoms with Crippen molar-refractivity contribution < 1.29 is 14.3 Å². The summed E-state index contributed by atoms with van der Waals surface area (Å²) in [5.41, 5.74) is 2.34. The minimum Gasteiger partial charge on any atom is -0.478 e. The van der Waals surface area contributed by atoms with Crippen LogP contribution in [0.25, 0.3) is 21.9 Å². The lowest BCUT2D eigenvalue weighted by molar-refractivity contribution is -0.127. The highest BCUT2D eigenvalue weighted by molar-refractivity contribution is 6.34. The third-order valence-corrected chi connectivity index (χ3v) is 7.02. The van der Waals surface area contributed by atoms with Gasteiger partial charge in [0.2, 0.25) is 5.91 Å². The molecule has 0 radical (unpaired) electrons. The molecule has 198 valence electrons. The van der Waals surface area contributed by atoms with E-state index in [0.717, 1.165) is 16.3 Å². The van der Waals surface area contributed by atoms with Crippen LogP contribution < -0.4 is 9.64 Å². The van der Waals surface area contributed by atoms with Gasteiger partial charge in [-0.15, -0.1) is 4.91 Å². The maximum Gasteiger partial charge on any atom is 0.268 e. The van der Waals surface area contributed by atoms with E-state index in [1.54, 1.807) is 35.0 Å². The number of likely N-dealkylation sites (N-methyl/N-ethyl adjacent to an activating group) is 1. The summed E-state index contributed by atoms with van der Waals surface area (Å²) in [5, 5.41) is 5.37. The Morgan fingerprint density at radius 1 is 1.18 bits per heavy atom. The highest BCUT2D eigenvalue weighted by Gasteiger charge is 2.36. The van der Waals surface area contributed by atoms with E-state index in [2.05, 4.69) is 11.8 Å². The van der Waals surface area contributed by atoms with Crippen LogP contribution in [0.1, 0.15) is 27.2 Å². The Bertz CT molecular complexity index is 1400. The van der Waals surface area contributed by atoms with Crippen LogP contribution in [0, 0.1) is 16.7 Å². The zero-order valence-corrected chi connectivity index (χ0v) is 22.9. The summed E-state index contributed by atoms with van der Waals surface area (Å²) in [6.45, 7) is 10.5. The first-order chi connectivity index (χ1) is 18.1. The Hall–Kier alpha value is -3.71. The third kappa shape index (κ3) is 5.58. The molecule has 1 aliphatic heterocycles. The van der Waals surface area contributed by atoms with Crippen LogP contribution in [0.15, 0.2) is 66.4 Å². The molecule has 4 rings (SSSR count). The highest BCUT2D eigenvalue weighted by Crippen LogP contribution is 2.45. The fourth-order valence-corrected chi connectivity index (χ4v) is 5.23. The number of amides is 2. The van der Waals surface area contributed by atoms with Crippen molar-refractivity contribution >= 4 is 45.6 Å². The number of halogens is 1. The Labute approximate surface area is 228 Å². The maximum absolute atomic E-state index is 13.6. The second-order valence-electron chi connectivity index (χ2n) is 10.3. The number of anilines is 1. The van der Waals surface area contributed by atoms with Gasteiger partial charge in [-0.3, -0.25) is 9.59 Å². The maximum atomic E-state index is 13.6. The van der Waals surface area contributed by atoms with E-state index in [9.17, 15) is 14.5 Å². The SMILES string of the molecule is C=CC(=O)N(C)CC(C)CN1C(=O)C(CC(C)C)Oc2cc(-c3cc(N=O)cc4ccccc34)c(Cl)cc21. The lowest BCUT2D eigenvalue weighted by Crippen LogP contribution is -2.49. The molecule has 38 heavy (non-hydrogen) atoms. The molecule has 0 bridgehead atoms. The van der Waals surface area contributed by atoms with E-state index in [4.69, 9.17) is 16.3 Å². The number of hydrogen-bond donors (Lipinski definition) is 0. The number of carbonyl (C=O) groups is 2. The van der Waals surface area contributed by atoms with E-state index in [1.807, 2.05) is 51.1 Å². The first-order valence-electron chi connectivity index (χ1n) is 12.7. The van der Waals surface area contributed by atoms with Crippen molar-refractivity contribution in [2.24, 2.45) is 17.0 Å². The number of fused-ring (bicyclic) bond motifs is 2. The molecule has 0 fully saturated rings. The summed E-state index contributed by atoms with van der Waals surface area (Å²) in [6.07, 6.45) is 1.19. The molecule has 8 heteroatoms. The summed E-state index contributed by atoms with van der Waals surface area (Å²) in [4.78, 5) is 40.3. The number of ether oxygens (including phenoxy) is 1. The predicted octanol–water partition coefficient (Wildman–Crippen LogP) is 6.98. The van der Waals surface area contributed by atoms with Crippen LogP contribution in [0.2, 0.25) is 5.02 Å². The van der Waals surface area contributed by atoms with Crippen LogP contribution in [0.5, 0.6) is 5.75 Å². The van der Waals surface area contributed by atoms with Crippen molar-refractivity contribution in [3.63, 3.8) is 0 Å². The molecule has 3 aromatic carbocycles. The molecule has 0 aromatic heterocycles. The van der Waals surface area contributed by atoms with Gasteiger partial charge < -0.3 is 14.5 Å². The van der Waals surface area contributed by atoms with Crippen molar-refractivity contribution in [1.29, 1.82) is 0 Å². The monoisotopic (exact) mass is 533 g/mol. The van der Waals surface area contributed by atoms with Gasteiger partial charge in [-0.05, 0) is 70.1 Å². The fourth-order valence-electron chi connectivity index (χ4n) is 4.97. The second kappa shape index (κ2) is 11.4. The number of hydrogen-bond acceptors (Lipinski definition) is 5. The number of benzene rings is 3. The van der Waals surface area contributed by atoms with E-state index in [-0.39, 0.29) is 23.7 Å². The topological polar surface area (TPSA) is 79.3 Å². The molecule has 1 aliphatic rings. The zero-order valence-electron chi connectivity index (χ0n) is 22.1. The molecule has 3 aromatic rings. The fraction of sp³-hybridized carbons (Fsp3) is 0.333. The number of rotatable bonds is 9.